The molecule has 0 aliphatic heterocycles. The molecule has 1 aromatic carbocycles. The van der Waals surface area contributed by atoms with E-state index in [1.165, 1.54) is 24.3 Å². The first-order valence-electron chi connectivity index (χ1n) is 5.52. The molecule has 6 heteroatoms. The Bertz CT molecular complexity index is 502. The van der Waals surface area contributed by atoms with E-state index in [-0.39, 0.29) is 17.9 Å². The Morgan fingerprint density at radius 3 is 2.28 bits per heavy atom. The van der Waals surface area contributed by atoms with Gasteiger partial charge in [0.2, 0.25) is 0 Å². The Balaban J connectivity index is 2.72. The molecular weight excluding hydrogens is 256 g/mol. The molecule has 1 aromatic rings. The van der Waals surface area contributed by atoms with Gasteiger partial charge in [-0.05, 0) is 38.1 Å². The second-order valence-electron chi connectivity index (χ2n) is 4.06. The van der Waals surface area contributed by atoms with E-state index in [1.54, 1.807) is 13.8 Å². The number of carboxylic acid groups (broad SMARTS) is 1. The van der Waals surface area contributed by atoms with Crippen LogP contribution in [0.5, 0.6) is 5.75 Å². The first-order chi connectivity index (χ1) is 8.34. The Hall–Kier alpha value is -1.56. The summed E-state index contributed by atoms with van der Waals surface area (Å²) in [4.78, 5) is 10.5. The number of rotatable bonds is 6. The molecule has 0 saturated carbocycles. The number of carbonyl (C=O) groups is 1. The lowest BCUT2D eigenvalue weighted by Gasteiger charge is -2.09. The second kappa shape index (κ2) is 5.86. The molecule has 5 nitrogen and oxygen atoms in total. The monoisotopic (exact) mass is 272 g/mol. The summed E-state index contributed by atoms with van der Waals surface area (Å²) in [6, 6.07) is 5.98. The molecule has 0 amide bonds. The molecule has 100 valence electrons. The fraction of sp³-hybridized carbons (Fsp3) is 0.417. The van der Waals surface area contributed by atoms with Crippen molar-refractivity contribution in [2.45, 2.75) is 30.4 Å². The van der Waals surface area contributed by atoms with Crippen LogP contribution in [0.4, 0.5) is 0 Å². The van der Waals surface area contributed by atoms with Gasteiger partial charge >= 0.3 is 5.97 Å². The van der Waals surface area contributed by atoms with E-state index in [0.29, 0.717) is 5.75 Å². The van der Waals surface area contributed by atoms with E-state index in [1.807, 2.05) is 0 Å². The van der Waals surface area contributed by atoms with Crippen LogP contribution in [-0.4, -0.2) is 31.4 Å². The number of hydrogen-bond acceptors (Lipinski definition) is 4. The summed E-state index contributed by atoms with van der Waals surface area (Å²) < 4.78 is 28.8. The smallest absolute Gasteiger partial charge is 0.306 e. The molecule has 0 atom stereocenters. The Morgan fingerprint density at radius 1 is 1.28 bits per heavy atom. The summed E-state index contributed by atoms with van der Waals surface area (Å²) in [5.41, 5.74) is 0. The molecule has 0 radical (unpaired) electrons. The predicted octanol–water partition coefficient (Wildman–Crippen LogP) is 1.72. The van der Waals surface area contributed by atoms with E-state index in [4.69, 9.17) is 9.84 Å². The maximum atomic E-state index is 11.8. The lowest BCUT2D eigenvalue weighted by Crippen LogP contribution is -2.13. The van der Waals surface area contributed by atoms with Crippen molar-refractivity contribution in [2.24, 2.45) is 0 Å². The summed E-state index contributed by atoms with van der Waals surface area (Å²) in [5, 5.41) is 7.97. The third-order valence-corrected chi connectivity index (χ3v) is 4.53. The largest absolute Gasteiger partial charge is 0.493 e. The first-order valence-corrected chi connectivity index (χ1v) is 7.07. The van der Waals surface area contributed by atoms with Gasteiger partial charge in [-0.25, -0.2) is 8.42 Å². The zero-order valence-corrected chi connectivity index (χ0v) is 11.1. The molecule has 0 spiro atoms. The van der Waals surface area contributed by atoms with E-state index < -0.39 is 21.1 Å². The predicted molar refractivity (Wildman–Crippen MR) is 66.5 cm³/mol. The summed E-state index contributed by atoms with van der Waals surface area (Å²) >= 11 is 0. The molecule has 0 unspecified atom stereocenters. The van der Waals surface area contributed by atoms with Gasteiger partial charge in [0.15, 0.2) is 9.84 Å². The number of sulfone groups is 1. The lowest BCUT2D eigenvalue weighted by molar-refractivity contribution is -0.137. The summed E-state index contributed by atoms with van der Waals surface area (Å²) in [6.45, 7) is 3.30. The fourth-order valence-electron chi connectivity index (χ4n) is 1.25. The highest BCUT2D eigenvalue weighted by Crippen LogP contribution is 2.19. The van der Waals surface area contributed by atoms with Crippen molar-refractivity contribution >= 4 is 15.8 Å². The quantitative estimate of drug-likeness (QED) is 0.852. The van der Waals surface area contributed by atoms with Crippen molar-refractivity contribution in [3.63, 3.8) is 0 Å². The molecule has 18 heavy (non-hydrogen) atoms. The minimum atomic E-state index is -3.28. The van der Waals surface area contributed by atoms with Crippen LogP contribution in [0.3, 0.4) is 0 Å². The van der Waals surface area contributed by atoms with E-state index in [9.17, 15) is 13.2 Å². The zero-order chi connectivity index (χ0) is 13.8. The zero-order valence-electron chi connectivity index (χ0n) is 10.3. The molecule has 0 saturated heterocycles. The molecule has 0 bridgehead atoms. The standard InChI is InChI=1S/C12H16O5S/c1-9(2)18(15,16)11-5-3-10(4-6-11)17-8-7-12(13)14/h3-6,9H,7-8H2,1-2H3,(H,13,14). The van der Waals surface area contributed by atoms with Crippen LogP contribution in [-0.2, 0) is 14.6 Å². The normalized spacial score (nSPS) is 11.5. The fourth-order valence-corrected chi connectivity index (χ4v) is 2.31. The van der Waals surface area contributed by atoms with Crippen LogP contribution in [0.25, 0.3) is 0 Å². The molecule has 0 heterocycles. The van der Waals surface area contributed by atoms with Crippen molar-refractivity contribution in [3.05, 3.63) is 24.3 Å². The third-order valence-electron chi connectivity index (χ3n) is 2.36. The van der Waals surface area contributed by atoms with Crippen LogP contribution in [0.1, 0.15) is 20.3 Å². The number of carboxylic acids is 1. The highest BCUT2D eigenvalue weighted by atomic mass is 32.2. The Morgan fingerprint density at radius 2 is 1.83 bits per heavy atom. The van der Waals surface area contributed by atoms with E-state index >= 15 is 0 Å². The van der Waals surface area contributed by atoms with Crippen LogP contribution >= 0.6 is 0 Å². The third kappa shape index (κ3) is 3.73. The van der Waals surface area contributed by atoms with Crippen molar-refractivity contribution in [3.8, 4) is 5.75 Å². The number of hydrogen-bond donors (Lipinski definition) is 1. The van der Waals surface area contributed by atoms with Gasteiger partial charge in [-0.2, -0.15) is 0 Å². The SMILES string of the molecule is CC(C)S(=O)(=O)c1ccc(OCCC(=O)O)cc1. The second-order valence-corrected chi connectivity index (χ2v) is 6.56. The van der Waals surface area contributed by atoms with E-state index in [2.05, 4.69) is 0 Å². The summed E-state index contributed by atoms with van der Waals surface area (Å²) in [7, 11) is -3.28. The van der Waals surface area contributed by atoms with Crippen molar-refractivity contribution in [1.82, 2.24) is 0 Å². The van der Waals surface area contributed by atoms with Crippen molar-refractivity contribution < 1.29 is 23.1 Å². The average molecular weight is 272 g/mol. The first kappa shape index (κ1) is 14.5. The van der Waals surface area contributed by atoms with Crippen LogP contribution < -0.4 is 4.74 Å². The van der Waals surface area contributed by atoms with Crippen LogP contribution in [0, 0.1) is 0 Å². The highest BCUT2D eigenvalue weighted by molar-refractivity contribution is 7.92. The van der Waals surface area contributed by atoms with Gasteiger partial charge in [-0.15, -0.1) is 0 Å². The van der Waals surface area contributed by atoms with Gasteiger partial charge in [0, 0.05) is 0 Å². The lowest BCUT2D eigenvalue weighted by atomic mass is 10.3. The van der Waals surface area contributed by atoms with Gasteiger partial charge in [0.1, 0.15) is 5.75 Å². The van der Waals surface area contributed by atoms with Gasteiger partial charge in [0.25, 0.3) is 0 Å². The Labute approximate surface area is 106 Å². The summed E-state index contributed by atoms with van der Waals surface area (Å²) in [5.74, 6) is -0.479. The minimum Gasteiger partial charge on any atom is -0.493 e. The molecule has 0 aliphatic rings. The topological polar surface area (TPSA) is 80.7 Å². The highest BCUT2D eigenvalue weighted by Gasteiger charge is 2.18. The van der Waals surface area contributed by atoms with E-state index in [0.717, 1.165) is 0 Å². The van der Waals surface area contributed by atoms with Gasteiger partial charge in [0.05, 0.1) is 23.2 Å². The molecule has 0 fully saturated rings. The van der Waals surface area contributed by atoms with Crippen LogP contribution in [0.15, 0.2) is 29.2 Å². The molecule has 0 aliphatic carbocycles. The molecule has 1 rings (SSSR count). The maximum Gasteiger partial charge on any atom is 0.306 e. The molecular formula is C12H16O5S. The number of ether oxygens (including phenoxy) is 1. The molecule has 1 N–H and O–H groups in total. The molecule has 0 aromatic heterocycles. The van der Waals surface area contributed by atoms with Gasteiger partial charge < -0.3 is 9.84 Å². The van der Waals surface area contributed by atoms with Crippen molar-refractivity contribution in [2.75, 3.05) is 6.61 Å². The maximum absolute atomic E-state index is 11.8. The number of aliphatic carboxylic acids is 1. The van der Waals surface area contributed by atoms with Crippen molar-refractivity contribution in [1.29, 1.82) is 0 Å². The average Bonchev–Trinajstić information content (AvgIpc) is 2.29. The van der Waals surface area contributed by atoms with Crippen LogP contribution in [0.2, 0.25) is 0 Å². The van der Waals surface area contributed by atoms with Gasteiger partial charge in [-0.1, -0.05) is 0 Å². The summed E-state index contributed by atoms with van der Waals surface area (Å²) in [6.07, 6.45) is -0.0912. The number of benzene rings is 1. The Kier molecular flexibility index (Phi) is 4.72. The van der Waals surface area contributed by atoms with Gasteiger partial charge in [-0.3, -0.25) is 4.79 Å². The minimum absolute atomic E-state index is 0.0611.